The molecule has 0 saturated carbocycles. The van der Waals surface area contributed by atoms with Crippen LogP contribution in [0.4, 0.5) is 11.5 Å². The third-order valence-corrected chi connectivity index (χ3v) is 8.61. The van der Waals surface area contributed by atoms with Crippen LogP contribution in [0.3, 0.4) is 0 Å². The predicted molar refractivity (Wildman–Crippen MR) is 158 cm³/mol. The van der Waals surface area contributed by atoms with Crippen LogP contribution in [-0.2, 0) is 17.8 Å². The molecule has 2 aliphatic heterocycles. The highest BCUT2D eigenvalue weighted by Crippen LogP contribution is 2.38. The van der Waals surface area contributed by atoms with Gasteiger partial charge >= 0.3 is 0 Å². The van der Waals surface area contributed by atoms with Gasteiger partial charge in [0, 0.05) is 23.5 Å². The van der Waals surface area contributed by atoms with Crippen LogP contribution in [0.1, 0.15) is 28.7 Å². The third-order valence-electron chi connectivity index (χ3n) is 6.87. The maximum absolute atomic E-state index is 13.9. The average molecular weight is 559 g/mol. The maximum atomic E-state index is 13.9. The lowest BCUT2D eigenvalue weighted by atomic mass is 10.0. The number of para-hydroxylation sites is 1. The summed E-state index contributed by atoms with van der Waals surface area (Å²) in [5.74, 6) is 0.298. The van der Waals surface area contributed by atoms with Crippen LogP contribution >= 0.6 is 35.6 Å². The van der Waals surface area contributed by atoms with Gasteiger partial charge in [-0.1, -0.05) is 78.0 Å². The molecule has 2 aliphatic rings. The minimum atomic E-state index is -0.251. The van der Waals surface area contributed by atoms with Crippen molar-refractivity contribution in [3.05, 3.63) is 109 Å². The van der Waals surface area contributed by atoms with E-state index < -0.39 is 0 Å². The summed E-state index contributed by atoms with van der Waals surface area (Å²) in [6, 6.07) is 19.3. The van der Waals surface area contributed by atoms with E-state index in [1.165, 1.54) is 22.2 Å². The van der Waals surface area contributed by atoms with Crippen molar-refractivity contribution in [1.29, 1.82) is 0 Å². The van der Waals surface area contributed by atoms with Crippen molar-refractivity contribution in [3.8, 4) is 0 Å². The first-order chi connectivity index (χ1) is 18.4. The number of rotatable bonds is 4. The molecule has 6 rings (SSSR count). The van der Waals surface area contributed by atoms with Crippen LogP contribution in [0.2, 0.25) is 5.02 Å². The van der Waals surface area contributed by atoms with Crippen molar-refractivity contribution in [3.63, 3.8) is 0 Å². The molecule has 1 fully saturated rings. The first-order valence-corrected chi connectivity index (χ1v) is 13.9. The van der Waals surface area contributed by atoms with E-state index in [1.807, 2.05) is 49.4 Å². The largest absolute Gasteiger partial charge is 0.325 e. The number of thiocarbonyl (C=S) groups is 1. The summed E-state index contributed by atoms with van der Waals surface area (Å²) in [7, 11) is 0. The number of thioether (sulfide) groups is 1. The molecule has 6 nitrogen and oxygen atoms in total. The quantitative estimate of drug-likeness (QED) is 0.221. The molecule has 0 aliphatic carbocycles. The van der Waals surface area contributed by atoms with E-state index in [1.54, 1.807) is 22.7 Å². The molecule has 4 heterocycles. The van der Waals surface area contributed by atoms with E-state index in [2.05, 4.69) is 17.0 Å². The number of pyridine rings is 1. The van der Waals surface area contributed by atoms with Crippen LogP contribution in [-0.4, -0.2) is 31.1 Å². The van der Waals surface area contributed by atoms with Gasteiger partial charge in [0.15, 0.2) is 0 Å². The fourth-order valence-electron chi connectivity index (χ4n) is 4.95. The summed E-state index contributed by atoms with van der Waals surface area (Å²) in [5.41, 5.74) is 4.68. The van der Waals surface area contributed by atoms with Gasteiger partial charge in [-0.25, -0.2) is 4.98 Å². The lowest BCUT2D eigenvalue weighted by Gasteiger charge is -2.31. The van der Waals surface area contributed by atoms with Gasteiger partial charge in [-0.2, -0.15) is 0 Å². The molecule has 4 aromatic rings. The normalized spacial score (nSPS) is 16.5. The van der Waals surface area contributed by atoms with Gasteiger partial charge in [0.2, 0.25) is 0 Å². The molecule has 190 valence electrons. The van der Waals surface area contributed by atoms with Crippen molar-refractivity contribution < 1.29 is 4.79 Å². The Morgan fingerprint density at radius 3 is 2.71 bits per heavy atom. The van der Waals surface area contributed by atoms with Crippen molar-refractivity contribution in [2.75, 3.05) is 11.4 Å². The van der Waals surface area contributed by atoms with E-state index in [4.69, 9.17) is 28.8 Å². The zero-order valence-corrected chi connectivity index (χ0v) is 22.9. The van der Waals surface area contributed by atoms with Crippen molar-refractivity contribution in [2.45, 2.75) is 26.3 Å². The van der Waals surface area contributed by atoms with E-state index >= 15 is 0 Å². The molecule has 0 unspecified atom stereocenters. The standard InChI is InChI=1S/C29H23ClN4O2S2/c1-18-8-6-15-33-25(18)31-26(32-14-7-11-19-9-3-5-13-23(19)32)21(27(33)35)16-24-28(36)34(29(37)38-24)17-20-10-2-4-12-22(20)30/h2-6,8-10,12-13,15-16H,7,11,14,17H2,1H3/b24-16+. The van der Waals surface area contributed by atoms with Gasteiger partial charge in [0.05, 0.1) is 17.0 Å². The molecule has 38 heavy (non-hydrogen) atoms. The van der Waals surface area contributed by atoms with Gasteiger partial charge < -0.3 is 4.90 Å². The Kier molecular flexibility index (Phi) is 6.55. The Morgan fingerprint density at radius 1 is 1.08 bits per heavy atom. The zero-order chi connectivity index (χ0) is 26.4. The number of amides is 1. The predicted octanol–water partition coefficient (Wildman–Crippen LogP) is 6.14. The summed E-state index contributed by atoms with van der Waals surface area (Å²) >= 11 is 13.1. The molecule has 2 aromatic carbocycles. The molecule has 0 bridgehead atoms. The highest BCUT2D eigenvalue weighted by atomic mass is 35.5. The monoisotopic (exact) mass is 558 g/mol. The molecule has 0 N–H and O–H groups in total. The second-order valence-electron chi connectivity index (χ2n) is 9.28. The van der Waals surface area contributed by atoms with Gasteiger partial charge in [0.1, 0.15) is 15.8 Å². The highest BCUT2D eigenvalue weighted by Gasteiger charge is 2.34. The molecule has 1 saturated heterocycles. The van der Waals surface area contributed by atoms with Crippen LogP contribution in [0.25, 0.3) is 11.7 Å². The second-order valence-corrected chi connectivity index (χ2v) is 11.4. The van der Waals surface area contributed by atoms with Gasteiger partial charge in [-0.3, -0.25) is 18.9 Å². The molecule has 0 spiro atoms. The van der Waals surface area contributed by atoms with E-state index in [0.29, 0.717) is 31.3 Å². The average Bonchev–Trinajstić information content (AvgIpc) is 3.19. The number of carbonyl (C=O) groups is 1. The Balaban J connectivity index is 1.49. The minimum absolute atomic E-state index is 0.229. The number of hydrogen-bond acceptors (Lipinski definition) is 6. The number of anilines is 2. The first-order valence-electron chi connectivity index (χ1n) is 12.3. The van der Waals surface area contributed by atoms with Crippen molar-refractivity contribution in [1.82, 2.24) is 14.3 Å². The van der Waals surface area contributed by atoms with Crippen LogP contribution < -0.4 is 10.5 Å². The van der Waals surface area contributed by atoms with Gasteiger partial charge in [0.25, 0.3) is 11.5 Å². The zero-order valence-electron chi connectivity index (χ0n) is 20.6. The molecular formula is C29H23ClN4O2S2. The molecular weight excluding hydrogens is 536 g/mol. The Labute approximate surface area is 234 Å². The minimum Gasteiger partial charge on any atom is -0.325 e. The van der Waals surface area contributed by atoms with Gasteiger partial charge in [-0.05, 0) is 60.7 Å². The molecule has 9 heteroatoms. The van der Waals surface area contributed by atoms with E-state index in [9.17, 15) is 9.59 Å². The smallest absolute Gasteiger partial charge is 0.267 e. The van der Waals surface area contributed by atoms with Crippen LogP contribution in [0, 0.1) is 6.92 Å². The Hall–Kier alpha value is -3.46. The number of halogens is 1. The molecule has 2 aromatic heterocycles. The van der Waals surface area contributed by atoms with Crippen molar-refractivity contribution in [2.24, 2.45) is 0 Å². The summed E-state index contributed by atoms with van der Waals surface area (Å²) in [6.07, 6.45) is 5.27. The number of fused-ring (bicyclic) bond motifs is 2. The number of aromatic nitrogens is 2. The third kappa shape index (κ3) is 4.32. The Bertz CT molecular complexity index is 1710. The van der Waals surface area contributed by atoms with E-state index in [0.717, 1.165) is 36.2 Å². The van der Waals surface area contributed by atoms with Crippen LogP contribution in [0.5, 0.6) is 0 Å². The SMILES string of the molecule is Cc1cccn2c(=O)c(/C=C3/SC(=S)N(Cc4ccccc4Cl)C3=O)c(N3CCCc4ccccc43)nc12. The number of aryl methyl sites for hydroxylation is 2. The first kappa shape index (κ1) is 24.9. The molecule has 0 radical (unpaired) electrons. The Morgan fingerprint density at radius 2 is 1.87 bits per heavy atom. The van der Waals surface area contributed by atoms with Gasteiger partial charge in [-0.15, -0.1) is 0 Å². The fourth-order valence-corrected chi connectivity index (χ4v) is 6.38. The van der Waals surface area contributed by atoms with Crippen molar-refractivity contribution >= 4 is 69.0 Å². The number of nitrogens with zero attached hydrogens (tertiary/aromatic N) is 4. The number of carbonyl (C=O) groups excluding carboxylic acids is 1. The summed E-state index contributed by atoms with van der Waals surface area (Å²) in [6.45, 7) is 2.93. The van der Waals surface area contributed by atoms with E-state index in [-0.39, 0.29) is 18.0 Å². The van der Waals surface area contributed by atoms with Crippen LogP contribution in [0.15, 0.2) is 76.6 Å². The summed E-state index contributed by atoms with van der Waals surface area (Å²) in [5, 5.41) is 0.573. The number of benzene rings is 2. The number of hydrogen-bond donors (Lipinski definition) is 0. The fraction of sp³-hybridized carbons (Fsp3) is 0.172. The lowest BCUT2D eigenvalue weighted by Crippen LogP contribution is -2.30. The summed E-state index contributed by atoms with van der Waals surface area (Å²) in [4.78, 5) is 36.4. The molecule has 0 atom stereocenters. The summed E-state index contributed by atoms with van der Waals surface area (Å²) < 4.78 is 1.97. The highest BCUT2D eigenvalue weighted by molar-refractivity contribution is 8.26. The second kappa shape index (κ2) is 10.0. The molecule has 1 amide bonds. The lowest BCUT2D eigenvalue weighted by molar-refractivity contribution is -0.122. The topological polar surface area (TPSA) is 57.9 Å². The maximum Gasteiger partial charge on any atom is 0.267 e.